The Morgan fingerprint density at radius 2 is 1.56 bits per heavy atom. The van der Waals surface area contributed by atoms with Gasteiger partial charge in [0.1, 0.15) is 17.2 Å². The van der Waals surface area contributed by atoms with Crippen LogP contribution in [0.5, 0.6) is 0 Å². The third kappa shape index (κ3) is 13.5. The van der Waals surface area contributed by atoms with Gasteiger partial charge in [0.2, 0.25) is 5.91 Å². The van der Waals surface area contributed by atoms with Gasteiger partial charge in [-0.25, -0.2) is 13.6 Å². The fourth-order valence-electron chi connectivity index (χ4n) is 6.66. The van der Waals surface area contributed by atoms with Crippen LogP contribution in [0, 0.1) is 30.4 Å². The minimum absolute atomic E-state index is 0.0672. The Balaban J connectivity index is 1.63. The van der Waals surface area contributed by atoms with Crippen LogP contribution in [0.25, 0.3) is 0 Å². The fraction of sp³-hybridized carbons (Fsp3) is 0.600. The first-order valence-electron chi connectivity index (χ1n) is 18.6. The number of ether oxygens (including phenoxy) is 1. The van der Waals surface area contributed by atoms with Gasteiger partial charge in [0.05, 0.1) is 12.1 Å². The Morgan fingerprint density at radius 1 is 0.962 bits per heavy atom. The smallest absolute Gasteiger partial charge is 0.410 e. The number of aryl methyl sites for hydroxylation is 1. The van der Waals surface area contributed by atoms with Crippen LogP contribution >= 0.6 is 0 Å². The second-order valence-electron chi connectivity index (χ2n) is 15.1. The lowest BCUT2D eigenvalue weighted by atomic mass is 9.83. The van der Waals surface area contributed by atoms with E-state index in [0.29, 0.717) is 37.3 Å². The maximum absolute atomic E-state index is 14.1. The molecule has 3 atom stereocenters. The number of hydrogen-bond donors (Lipinski definition) is 3. The van der Waals surface area contributed by atoms with Gasteiger partial charge in [-0.15, -0.1) is 0 Å². The highest BCUT2D eigenvalue weighted by Gasteiger charge is 2.30. The Hall–Kier alpha value is -4.06. The van der Waals surface area contributed by atoms with E-state index < -0.39 is 35.3 Å². The van der Waals surface area contributed by atoms with Crippen molar-refractivity contribution in [3.8, 4) is 0 Å². The number of amides is 4. The number of halogens is 2. The highest BCUT2D eigenvalue weighted by molar-refractivity contribution is 6.00. The van der Waals surface area contributed by atoms with Gasteiger partial charge in [-0.1, -0.05) is 20.8 Å². The van der Waals surface area contributed by atoms with E-state index in [1.54, 1.807) is 28.9 Å². The maximum atomic E-state index is 14.1. The van der Waals surface area contributed by atoms with Crippen LogP contribution in [0.4, 0.5) is 13.6 Å². The summed E-state index contributed by atoms with van der Waals surface area (Å²) in [4.78, 5) is 55.7. The minimum Gasteiger partial charge on any atom is -0.444 e. The molecule has 1 unspecified atom stereocenters. The zero-order chi connectivity index (χ0) is 38.6. The van der Waals surface area contributed by atoms with Gasteiger partial charge in [0, 0.05) is 56.3 Å². The highest BCUT2D eigenvalue weighted by Crippen LogP contribution is 2.28. The summed E-state index contributed by atoms with van der Waals surface area (Å²) in [5.41, 5.74) is 0.985. The molecule has 10 nitrogen and oxygen atoms in total. The van der Waals surface area contributed by atoms with Gasteiger partial charge >= 0.3 is 6.09 Å². The van der Waals surface area contributed by atoms with Crippen LogP contribution in [0.15, 0.2) is 36.4 Å². The average molecular weight is 729 g/mol. The Bertz CT molecular complexity index is 1500. The number of nitrogens with one attached hydrogen (secondary N) is 2. The molecule has 4 amide bonds. The molecule has 2 aromatic rings. The van der Waals surface area contributed by atoms with Crippen molar-refractivity contribution in [1.29, 1.82) is 0 Å². The number of carbonyl (C=O) groups excluding carboxylic acids is 4. The van der Waals surface area contributed by atoms with E-state index in [2.05, 4.69) is 10.6 Å². The second kappa shape index (κ2) is 19.7. The number of piperidine rings is 1. The molecule has 0 bridgehead atoms. The van der Waals surface area contributed by atoms with Crippen LogP contribution in [-0.4, -0.2) is 89.2 Å². The van der Waals surface area contributed by atoms with Crippen molar-refractivity contribution in [2.45, 2.75) is 111 Å². The van der Waals surface area contributed by atoms with Gasteiger partial charge in [-0.05, 0) is 120 Å². The first kappa shape index (κ1) is 42.4. The summed E-state index contributed by atoms with van der Waals surface area (Å²) in [5, 5.41) is 17.0. The van der Waals surface area contributed by atoms with E-state index in [1.807, 2.05) is 41.5 Å². The molecule has 2 aromatic carbocycles. The SMILES string of the molecule is CCCN(CCC)C(=O)c1cc(C)cc(C(=O)N[C@@H](Cc2cc(F)cc(F)c2)[C@@H](O)CCNC(=O)CC(C)C2CCN(C(=O)OC(C)(C)C)CC2)c1. The topological polar surface area (TPSA) is 128 Å². The molecule has 0 aromatic heterocycles. The van der Waals surface area contributed by atoms with Gasteiger partial charge < -0.3 is 30.3 Å². The van der Waals surface area contributed by atoms with E-state index in [9.17, 15) is 33.1 Å². The third-order valence-corrected chi connectivity index (χ3v) is 9.29. The molecule has 0 radical (unpaired) electrons. The van der Waals surface area contributed by atoms with Gasteiger partial charge in [-0.3, -0.25) is 14.4 Å². The number of carbonyl (C=O) groups is 4. The van der Waals surface area contributed by atoms with E-state index in [4.69, 9.17) is 4.74 Å². The molecule has 288 valence electrons. The molecule has 52 heavy (non-hydrogen) atoms. The first-order chi connectivity index (χ1) is 24.5. The van der Waals surface area contributed by atoms with Crippen molar-refractivity contribution in [2.75, 3.05) is 32.7 Å². The molecule has 12 heteroatoms. The van der Waals surface area contributed by atoms with Crippen molar-refractivity contribution in [2.24, 2.45) is 11.8 Å². The lowest BCUT2D eigenvalue weighted by Crippen LogP contribution is -2.46. The monoisotopic (exact) mass is 728 g/mol. The Kier molecular flexibility index (Phi) is 16.0. The van der Waals surface area contributed by atoms with Crippen LogP contribution in [0.2, 0.25) is 0 Å². The summed E-state index contributed by atoms with van der Waals surface area (Å²) in [6.45, 7) is 15.7. The first-order valence-corrected chi connectivity index (χ1v) is 18.6. The van der Waals surface area contributed by atoms with Crippen molar-refractivity contribution in [1.82, 2.24) is 20.4 Å². The Morgan fingerprint density at radius 3 is 2.13 bits per heavy atom. The third-order valence-electron chi connectivity index (χ3n) is 9.29. The van der Waals surface area contributed by atoms with Crippen LogP contribution in [0.1, 0.15) is 112 Å². The number of benzene rings is 2. The summed E-state index contributed by atoms with van der Waals surface area (Å²) < 4.78 is 33.7. The molecular weight excluding hydrogens is 670 g/mol. The predicted molar refractivity (Wildman–Crippen MR) is 197 cm³/mol. The second-order valence-corrected chi connectivity index (χ2v) is 15.1. The summed E-state index contributed by atoms with van der Waals surface area (Å²) in [6, 6.07) is 6.98. The predicted octanol–water partition coefficient (Wildman–Crippen LogP) is 6.42. The highest BCUT2D eigenvalue weighted by atomic mass is 19.1. The molecule has 1 aliphatic rings. The largest absolute Gasteiger partial charge is 0.444 e. The summed E-state index contributed by atoms with van der Waals surface area (Å²) >= 11 is 0. The molecule has 0 spiro atoms. The van der Waals surface area contributed by atoms with Crippen molar-refractivity contribution in [3.05, 3.63) is 70.3 Å². The van der Waals surface area contributed by atoms with Crippen LogP contribution in [-0.2, 0) is 16.0 Å². The van der Waals surface area contributed by atoms with E-state index in [-0.39, 0.29) is 66.7 Å². The number of rotatable bonds is 16. The molecule has 3 N–H and O–H groups in total. The number of hydrogen-bond acceptors (Lipinski definition) is 6. The van der Waals surface area contributed by atoms with Crippen molar-refractivity contribution >= 4 is 23.8 Å². The molecule has 1 heterocycles. The van der Waals surface area contributed by atoms with E-state index in [1.165, 1.54) is 6.07 Å². The van der Waals surface area contributed by atoms with Gasteiger partial charge in [0.25, 0.3) is 11.8 Å². The average Bonchev–Trinajstić information content (AvgIpc) is 3.06. The van der Waals surface area contributed by atoms with Gasteiger partial charge in [0.15, 0.2) is 0 Å². The lowest BCUT2D eigenvalue weighted by molar-refractivity contribution is -0.122. The van der Waals surface area contributed by atoms with Crippen molar-refractivity contribution in [3.63, 3.8) is 0 Å². The molecule has 1 aliphatic heterocycles. The quantitative estimate of drug-likeness (QED) is 0.183. The Labute approximate surface area is 307 Å². The van der Waals surface area contributed by atoms with Crippen LogP contribution < -0.4 is 10.6 Å². The zero-order valence-corrected chi connectivity index (χ0v) is 31.9. The normalized spacial score (nSPS) is 15.4. The molecule has 0 saturated carbocycles. The fourth-order valence-corrected chi connectivity index (χ4v) is 6.66. The zero-order valence-electron chi connectivity index (χ0n) is 31.9. The number of likely N-dealkylation sites (tertiary alicyclic amines) is 1. The minimum atomic E-state index is -1.18. The number of aliphatic hydroxyl groups is 1. The van der Waals surface area contributed by atoms with Gasteiger partial charge in [-0.2, -0.15) is 0 Å². The summed E-state index contributed by atoms with van der Waals surface area (Å²) in [7, 11) is 0. The molecular formula is C40H58F2N4O6. The van der Waals surface area contributed by atoms with E-state index in [0.717, 1.165) is 43.9 Å². The summed E-state index contributed by atoms with van der Waals surface area (Å²) in [6.07, 6.45) is 1.88. The molecule has 0 aliphatic carbocycles. The van der Waals surface area contributed by atoms with Crippen LogP contribution in [0.3, 0.4) is 0 Å². The summed E-state index contributed by atoms with van der Waals surface area (Å²) in [5.74, 6) is -2.13. The number of aliphatic hydroxyl groups excluding tert-OH is 1. The van der Waals surface area contributed by atoms with Crippen molar-refractivity contribution < 1.29 is 37.8 Å². The lowest BCUT2D eigenvalue weighted by Gasteiger charge is -2.35. The molecule has 1 fully saturated rings. The number of nitrogens with zero attached hydrogens (tertiary/aromatic N) is 2. The standard InChI is InChI=1S/C40H58F2N4O6/c1-8-14-45(15-9-2)38(50)31-19-26(3)18-30(24-31)37(49)44-34(23-28-21-32(41)25-33(42)22-28)35(47)10-13-43-36(48)20-27(4)29-11-16-46(17-12-29)39(51)52-40(5,6)7/h18-19,21-22,24-25,27,29,34-35,47H,8-17,20,23H2,1-7H3,(H,43,48)(H,44,49)/t27?,34-,35-/m0/s1. The molecule has 1 saturated heterocycles. The molecule has 3 rings (SSSR count). The maximum Gasteiger partial charge on any atom is 0.410 e. The van der Waals surface area contributed by atoms with E-state index >= 15 is 0 Å².